The number of amides is 1. The zero-order valence-corrected chi connectivity index (χ0v) is 8.29. The van der Waals surface area contributed by atoms with Crippen molar-refractivity contribution < 1.29 is 4.79 Å². The van der Waals surface area contributed by atoms with E-state index in [-0.39, 0.29) is 5.91 Å². The molecule has 76 valence electrons. The summed E-state index contributed by atoms with van der Waals surface area (Å²) < 4.78 is 0. The van der Waals surface area contributed by atoms with Crippen molar-refractivity contribution in [3.63, 3.8) is 0 Å². The van der Waals surface area contributed by atoms with Crippen LogP contribution in [-0.4, -0.2) is 24.0 Å². The predicted molar refractivity (Wildman–Crippen MR) is 56.0 cm³/mol. The van der Waals surface area contributed by atoms with Gasteiger partial charge in [-0.05, 0) is 19.1 Å². The molecule has 0 spiro atoms. The Labute approximate surface area is 83.7 Å². The number of aromatic nitrogens is 1. The topological polar surface area (TPSA) is 54.0 Å². The third-order valence-electron chi connectivity index (χ3n) is 1.70. The molecule has 0 unspecified atom stereocenters. The molecule has 0 fully saturated rings. The molecule has 1 aromatic heterocycles. The molecule has 1 amide bonds. The van der Waals surface area contributed by atoms with Crippen LogP contribution in [-0.2, 0) is 4.79 Å². The first kappa shape index (κ1) is 10.5. The molecule has 1 rings (SSSR count). The Kier molecular flexibility index (Phi) is 4.47. The van der Waals surface area contributed by atoms with E-state index in [4.69, 9.17) is 0 Å². The van der Waals surface area contributed by atoms with E-state index in [1.165, 1.54) is 0 Å². The van der Waals surface area contributed by atoms with Gasteiger partial charge in [0.1, 0.15) is 5.82 Å². The van der Waals surface area contributed by atoms with E-state index in [0.717, 1.165) is 5.82 Å². The van der Waals surface area contributed by atoms with Crippen molar-refractivity contribution in [3.05, 3.63) is 24.4 Å². The van der Waals surface area contributed by atoms with E-state index < -0.39 is 0 Å². The van der Waals surface area contributed by atoms with Crippen molar-refractivity contribution in [1.82, 2.24) is 10.3 Å². The minimum atomic E-state index is 0.0657. The van der Waals surface area contributed by atoms with Crippen LogP contribution in [0.15, 0.2) is 24.4 Å². The highest BCUT2D eigenvalue weighted by atomic mass is 16.1. The highest BCUT2D eigenvalue weighted by molar-refractivity contribution is 5.76. The lowest BCUT2D eigenvalue weighted by atomic mass is 10.4. The minimum Gasteiger partial charge on any atom is -0.370 e. The maximum atomic E-state index is 11.1. The molecule has 0 bridgehead atoms. The van der Waals surface area contributed by atoms with Crippen LogP contribution in [0, 0.1) is 0 Å². The Hall–Kier alpha value is -1.58. The van der Waals surface area contributed by atoms with Crippen molar-refractivity contribution >= 4 is 11.7 Å². The lowest BCUT2D eigenvalue weighted by Crippen LogP contribution is -2.24. The van der Waals surface area contributed by atoms with E-state index in [9.17, 15) is 4.79 Å². The summed E-state index contributed by atoms with van der Waals surface area (Å²) in [7, 11) is 0. The fraction of sp³-hybridized carbons (Fsp3) is 0.400. The molecular formula is C10H15N3O. The first-order valence-corrected chi connectivity index (χ1v) is 4.74. The summed E-state index contributed by atoms with van der Waals surface area (Å²) >= 11 is 0. The third kappa shape index (κ3) is 3.89. The van der Waals surface area contributed by atoms with Gasteiger partial charge in [0.05, 0.1) is 0 Å². The van der Waals surface area contributed by atoms with Gasteiger partial charge < -0.3 is 10.6 Å². The van der Waals surface area contributed by atoms with Gasteiger partial charge in [0.15, 0.2) is 0 Å². The average Bonchev–Trinajstić information content (AvgIpc) is 2.20. The molecule has 4 nitrogen and oxygen atoms in total. The summed E-state index contributed by atoms with van der Waals surface area (Å²) in [4.78, 5) is 15.1. The van der Waals surface area contributed by atoms with Crippen molar-refractivity contribution in [2.24, 2.45) is 0 Å². The molecule has 1 heterocycles. The number of carbonyl (C=O) groups is 1. The molecule has 1 aromatic rings. The van der Waals surface area contributed by atoms with Gasteiger partial charge in [-0.3, -0.25) is 4.79 Å². The molecule has 0 aliphatic heterocycles. The van der Waals surface area contributed by atoms with Crippen LogP contribution in [0.2, 0.25) is 0 Å². The average molecular weight is 193 g/mol. The van der Waals surface area contributed by atoms with Crippen molar-refractivity contribution in [1.29, 1.82) is 0 Å². The van der Waals surface area contributed by atoms with Crippen LogP contribution < -0.4 is 10.6 Å². The molecule has 0 atom stereocenters. The minimum absolute atomic E-state index is 0.0657. The number of nitrogens with zero attached hydrogens (tertiary/aromatic N) is 1. The Morgan fingerprint density at radius 1 is 1.50 bits per heavy atom. The molecule has 0 saturated heterocycles. The summed E-state index contributed by atoms with van der Waals surface area (Å²) in [5, 5.41) is 5.79. The monoisotopic (exact) mass is 193 g/mol. The maximum Gasteiger partial charge on any atom is 0.221 e. The third-order valence-corrected chi connectivity index (χ3v) is 1.70. The van der Waals surface area contributed by atoms with Gasteiger partial charge in [-0.15, -0.1) is 0 Å². The Bertz CT molecular complexity index is 274. The van der Waals surface area contributed by atoms with Gasteiger partial charge in [0, 0.05) is 25.7 Å². The summed E-state index contributed by atoms with van der Waals surface area (Å²) in [5.74, 6) is 0.868. The van der Waals surface area contributed by atoms with Crippen molar-refractivity contribution in [2.45, 2.75) is 13.3 Å². The molecule has 14 heavy (non-hydrogen) atoms. The summed E-state index contributed by atoms with van der Waals surface area (Å²) in [6, 6.07) is 5.63. The zero-order valence-electron chi connectivity index (χ0n) is 8.29. The maximum absolute atomic E-state index is 11.1. The highest BCUT2D eigenvalue weighted by Gasteiger charge is 1.98. The van der Waals surface area contributed by atoms with Gasteiger partial charge in [0.25, 0.3) is 0 Å². The fourth-order valence-electron chi connectivity index (χ4n) is 1.06. The summed E-state index contributed by atoms with van der Waals surface area (Å²) in [6.07, 6.45) is 2.19. The molecule has 0 aliphatic carbocycles. The van der Waals surface area contributed by atoms with Gasteiger partial charge in [0.2, 0.25) is 5.91 Å². The number of pyridine rings is 1. The van der Waals surface area contributed by atoms with Gasteiger partial charge >= 0.3 is 0 Å². The molecule has 0 aromatic carbocycles. The zero-order chi connectivity index (χ0) is 10.2. The number of carbonyl (C=O) groups excluding carboxylic acids is 1. The fourth-order valence-corrected chi connectivity index (χ4v) is 1.06. The molecule has 2 N–H and O–H groups in total. The number of hydrogen-bond donors (Lipinski definition) is 2. The second kappa shape index (κ2) is 5.96. The summed E-state index contributed by atoms with van der Waals surface area (Å²) in [5.41, 5.74) is 0. The van der Waals surface area contributed by atoms with E-state index in [0.29, 0.717) is 19.5 Å². The lowest BCUT2D eigenvalue weighted by Gasteiger charge is -2.04. The number of rotatable bonds is 5. The number of hydrogen-bond acceptors (Lipinski definition) is 3. The number of nitrogens with one attached hydrogen (secondary N) is 2. The summed E-state index contributed by atoms with van der Waals surface area (Å²) in [6.45, 7) is 3.20. The van der Waals surface area contributed by atoms with Crippen molar-refractivity contribution in [2.75, 3.05) is 18.4 Å². The van der Waals surface area contributed by atoms with E-state index in [1.807, 2.05) is 25.1 Å². The largest absolute Gasteiger partial charge is 0.370 e. The van der Waals surface area contributed by atoms with Crippen LogP contribution in [0.1, 0.15) is 13.3 Å². The van der Waals surface area contributed by atoms with Gasteiger partial charge in [-0.2, -0.15) is 0 Å². The smallest absolute Gasteiger partial charge is 0.221 e. The second-order valence-corrected chi connectivity index (χ2v) is 2.85. The van der Waals surface area contributed by atoms with E-state index in [1.54, 1.807) is 6.20 Å². The predicted octanol–water partition coefficient (Wildman–Crippen LogP) is 1.02. The molecule has 0 radical (unpaired) electrons. The standard InChI is InChI=1S/C10H15N3O/c1-2-11-10(14)6-8-13-9-5-3-4-7-12-9/h3-5,7H,2,6,8H2,1H3,(H,11,14)(H,12,13). The second-order valence-electron chi connectivity index (χ2n) is 2.85. The molecular weight excluding hydrogens is 178 g/mol. The Morgan fingerprint density at radius 2 is 2.36 bits per heavy atom. The van der Waals surface area contributed by atoms with Crippen LogP contribution >= 0.6 is 0 Å². The Balaban J connectivity index is 2.19. The highest BCUT2D eigenvalue weighted by Crippen LogP contribution is 1.98. The molecule has 0 saturated carbocycles. The molecule has 4 heteroatoms. The van der Waals surface area contributed by atoms with Crippen LogP contribution in [0.3, 0.4) is 0 Å². The van der Waals surface area contributed by atoms with E-state index >= 15 is 0 Å². The first-order chi connectivity index (χ1) is 6.83. The quantitative estimate of drug-likeness (QED) is 0.734. The number of anilines is 1. The lowest BCUT2D eigenvalue weighted by molar-refractivity contribution is -0.120. The Morgan fingerprint density at radius 3 is 3.00 bits per heavy atom. The molecule has 0 aliphatic rings. The van der Waals surface area contributed by atoms with Crippen LogP contribution in [0.25, 0.3) is 0 Å². The van der Waals surface area contributed by atoms with Gasteiger partial charge in [-0.1, -0.05) is 6.07 Å². The SMILES string of the molecule is CCNC(=O)CCNc1ccccn1. The van der Waals surface area contributed by atoms with Gasteiger partial charge in [-0.25, -0.2) is 4.98 Å². The van der Waals surface area contributed by atoms with E-state index in [2.05, 4.69) is 15.6 Å². The normalized spacial score (nSPS) is 9.50. The van der Waals surface area contributed by atoms with Crippen LogP contribution in [0.4, 0.5) is 5.82 Å². The first-order valence-electron chi connectivity index (χ1n) is 4.74. The van der Waals surface area contributed by atoms with Crippen LogP contribution in [0.5, 0.6) is 0 Å². The van der Waals surface area contributed by atoms with Crippen molar-refractivity contribution in [3.8, 4) is 0 Å².